The molecular formula is C18H19NO4S2. The normalized spacial score (nSPS) is 10.3. The second-order valence-electron chi connectivity index (χ2n) is 5.24. The van der Waals surface area contributed by atoms with Crippen LogP contribution in [0.3, 0.4) is 0 Å². The molecule has 0 saturated heterocycles. The van der Waals surface area contributed by atoms with Crippen molar-refractivity contribution in [3.8, 4) is 0 Å². The second kappa shape index (κ2) is 10.0. The van der Waals surface area contributed by atoms with Gasteiger partial charge in [0.05, 0.1) is 11.3 Å². The van der Waals surface area contributed by atoms with E-state index in [2.05, 4.69) is 5.32 Å². The molecule has 25 heavy (non-hydrogen) atoms. The summed E-state index contributed by atoms with van der Waals surface area (Å²) in [6, 6.07) is 10.9. The van der Waals surface area contributed by atoms with Crippen molar-refractivity contribution in [2.75, 3.05) is 18.9 Å². The molecule has 0 aliphatic carbocycles. The number of thiophene rings is 1. The number of hydrogen-bond acceptors (Lipinski definition) is 6. The summed E-state index contributed by atoms with van der Waals surface area (Å²) in [5, 5.41) is 4.71. The van der Waals surface area contributed by atoms with Crippen molar-refractivity contribution < 1.29 is 19.1 Å². The lowest BCUT2D eigenvalue weighted by atomic mass is 10.2. The summed E-state index contributed by atoms with van der Waals surface area (Å²) >= 11 is 2.92. The third kappa shape index (κ3) is 6.72. The van der Waals surface area contributed by atoms with Gasteiger partial charge in [0.25, 0.3) is 5.91 Å². The molecule has 0 aliphatic rings. The topological polar surface area (TPSA) is 72.5 Å². The number of ether oxygens (including phenoxy) is 1. The molecule has 5 nitrogen and oxygen atoms in total. The Bertz CT molecular complexity index is 728. The summed E-state index contributed by atoms with van der Waals surface area (Å²) in [6.07, 6.45) is 0.752. The Balaban J connectivity index is 1.79. The summed E-state index contributed by atoms with van der Waals surface area (Å²) in [5.41, 5.74) is 0.361. The van der Waals surface area contributed by atoms with E-state index in [1.54, 1.807) is 35.6 Å². The average molecular weight is 377 g/mol. The summed E-state index contributed by atoms with van der Waals surface area (Å²) in [6.45, 7) is 1.67. The maximum absolute atomic E-state index is 12.2. The highest BCUT2D eigenvalue weighted by Crippen LogP contribution is 2.23. The predicted octanol–water partition coefficient (Wildman–Crippen LogP) is 2.94. The van der Waals surface area contributed by atoms with Crippen LogP contribution in [0.2, 0.25) is 0 Å². The zero-order valence-corrected chi connectivity index (χ0v) is 15.5. The molecular weight excluding hydrogens is 358 g/mol. The average Bonchev–Trinajstić information content (AvgIpc) is 3.11. The highest BCUT2D eigenvalue weighted by Gasteiger charge is 2.14. The number of hydrogen-bond donors (Lipinski definition) is 1. The van der Waals surface area contributed by atoms with E-state index in [1.807, 2.05) is 17.5 Å². The van der Waals surface area contributed by atoms with E-state index < -0.39 is 5.97 Å². The fraction of sp³-hybridized carbons (Fsp3) is 0.278. The van der Waals surface area contributed by atoms with Crippen LogP contribution in [0.25, 0.3) is 0 Å². The molecule has 0 bridgehead atoms. The van der Waals surface area contributed by atoms with Gasteiger partial charge in [0, 0.05) is 16.3 Å². The van der Waals surface area contributed by atoms with Gasteiger partial charge in [-0.3, -0.25) is 9.59 Å². The molecule has 0 unspecified atom stereocenters. The Morgan fingerprint density at radius 1 is 1.16 bits per heavy atom. The van der Waals surface area contributed by atoms with Crippen molar-refractivity contribution >= 4 is 40.8 Å². The molecule has 1 aromatic carbocycles. The van der Waals surface area contributed by atoms with Crippen molar-refractivity contribution in [2.24, 2.45) is 0 Å². The molecule has 0 fully saturated rings. The lowest BCUT2D eigenvalue weighted by molar-refractivity contribution is -0.124. The van der Waals surface area contributed by atoms with Crippen LogP contribution in [0.4, 0.5) is 0 Å². The summed E-state index contributed by atoms with van der Waals surface area (Å²) in [5.74, 6) is -0.592. The molecule has 2 aromatic rings. The fourth-order valence-corrected chi connectivity index (χ4v) is 3.53. The van der Waals surface area contributed by atoms with Gasteiger partial charge in [0.1, 0.15) is 5.78 Å². The minimum atomic E-state index is -0.569. The number of Topliss-reactive ketones (excluding diaryl/α,β-unsaturated/α-hetero) is 1. The van der Waals surface area contributed by atoms with Gasteiger partial charge < -0.3 is 10.1 Å². The van der Waals surface area contributed by atoms with E-state index in [1.165, 1.54) is 23.6 Å². The monoisotopic (exact) mass is 377 g/mol. The zero-order valence-electron chi connectivity index (χ0n) is 13.8. The first-order valence-corrected chi connectivity index (χ1v) is 9.60. The molecule has 1 heterocycles. The van der Waals surface area contributed by atoms with Gasteiger partial charge in [-0.15, -0.1) is 23.1 Å². The number of thioether (sulfide) groups is 1. The van der Waals surface area contributed by atoms with Crippen LogP contribution in [0, 0.1) is 0 Å². The zero-order chi connectivity index (χ0) is 18.1. The standard InChI is InChI=1S/C18H19NO4S2/c1-13(20)12-25-16-7-3-2-6-15(16)18(22)23-11-17(21)19-9-8-14-5-4-10-24-14/h2-7,10H,8-9,11-12H2,1H3,(H,19,21). The number of ketones is 1. The number of benzene rings is 1. The van der Waals surface area contributed by atoms with Gasteiger partial charge in [-0.2, -0.15) is 0 Å². The van der Waals surface area contributed by atoms with E-state index in [4.69, 9.17) is 4.74 Å². The van der Waals surface area contributed by atoms with Crippen molar-refractivity contribution in [1.29, 1.82) is 0 Å². The van der Waals surface area contributed by atoms with E-state index in [9.17, 15) is 14.4 Å². The van der Waals surface area contributed by atoms with Crippen LogP contribution in [-0.4, -0.2) is 36.6 Å². The van der Waals surface area contributed by atoms with Gasteiger partial charge in [-0.25, -0.2) is 4.79 Å². The van der Waals surface area contributed by atoms with Crippen LogP contribution in [0.1, 0.15) is 22.2 Å². The predicted molar refractivity (Wildman–Crippen MR) is 99.2 cm³/mol. The third-order valence-corrected chi connectivity index (χ3v) is 5.30. The summed E-state index contributed by atoms with van der Waals surface area (Å²) < 4.78 is 5.08. The van der Waals surface area contributed by atoms with Crippen molar-refractivity contribution in [1.82, 2.24) is 5.32 Å². The minimum Gasteiger partial charge on any atom is -0.452 e. The first-order valence-electron chi connectivity index (χ1n) is 7.73. The maximum Gasteiger partial charge on any atom is 0.339 e. The number of esters is 1. The fourth-order valence-electron chi connectivity index (χ4n) is 1.98. The molecule has 1 aromatic heterocycles. The molecule has 2 rings (SSSR count). The molecule has 1 N–H and O–H groups in total. The van der Waals surface area contributed by atoms with Crippen LogP contribution < -0.4 is 5.32 Å². The quantitative estimate of drug-likeness (QED) is 0.537. The lowest BCUT2D eigenvalue weighted by Gasteiger charge is -2.09. The van der Waals surface area contributed by atoms with Gasteiger partial charge in [-0.05, 0) is 36.9 Å². The number of carbonyl (C=O) groups excluding carboxylic acids is 3. The number of amides is 1. The molecule has 0 atom stereocenters. The molecule has 7 heteroatoms. The van der Waals surface area contributed by atoms with Gasteiger partial charge >= 0.3 is 5.97 Å². The highest BCUT2D eigenvalue weighted by atomic mass is 32.2. The van der Waals surface area contributed by atoms with Gasteiger partial charge in [0.15, 0.2) is 6.61 Å². The van der Waals surface area contributed by atoms with Crippen molar-refractivity contribution in [3.05, 3.63) is 52.2 Å². The summed E-state index contributed by atoms with van der Waals surface area (Å²) in [7, 11) is 0. The first-order chi connectivity index (χ1) is 12.1. The SMILES string of the molecule is CC(=O)CSc1ccccc1C(=O)OCC(=O)NCCc1cccs1. The number of rotatable bonds is 9. The van der Waals surface area contributed by atoms with Crippen molar-refractivity contribution in [2.45, 2.75) is 18.2 Å². The summed E-state index contributed by atoms with van der Waals surface area (Å²) in [4.78, 5) is 36.9. The van der Waals surface area contributed by atoms with Crippen LogP contribution in [-0.2, 0) is 20.7 Å². The molecule has 132 valence electrons. The van der Waals surface area contributed by atoms with Gasteiger partial charge in [-0.1, -0.05) is 18.2 Å². The van der Waals surface area contributed by atoms with Crippen LogP contribution in [0.15, 0.2) is 46.7 Å². The van der Waals surface area contributed by atoms with E-state index in [0.29, 0.717) is 17.0 Å². The second-order valence-corrected chi connectivity index (χ2v) is 7.29. The Morgan fingerprint density at radius 3 is 2.68 bits per heavy atom. The van der Waals surface area contributed by atoms with Crippen molar-refractivity contribution in [3.63, 3.8) is 0 Å². The molecule has 0 spiro atoms. The molecule has 0 saturated carbocycles. The first kappa shape index (κ1) is 19.2. The van der Waals surface area contributed by atoms with Crippen LogP contribution in [0.5, 0.6) is 0 Å². The van der Waals surface area contributed by atoms with E-state index in [-0.39, 0.29) is 24.1 Å². The van der Waals surface area contributed by atoms with Crippen LogP contribution >= 0.6 is 23.1 Å². The Labute approximate surface area is 154 Å². The number of carbonyl (C=O) groups is 3. The Kier molecular flexibility index (Phi) is 7.69. The lowest BCUT2D eigenvalue weighted by Crippen LogP contribution is -2.30. The minimum absolute atomic E-state index is 0.0262. The van der Waals surface area contributed by atoms with E-state index >= 15 is 0 Å². The molecule has 0 radical (unpaired) electrons. The molecule has 0 aliphatic heterocycles. The highest BCUT2D eigenvalue weighted by molar-refractivity contribution is 8.00. The smallest absolute Gasteiger partial charge is 0.339 e. The van der Waals surface area contributed by atoms with E-state index in [0.717, 1.165) is 6.42 Å². The number of nitrogens with one attached hydrogen (secondary N) is 1. The largest absolute Gasteiger partial charge is 0.452 e. The maximum atomic E-state index is 12.2. The Hall–Kier alpha value is -2.12. The van der Waals surface area contributed by atoms with Gasteiger partial charge in [0.2, 0.25) is 0 Å². The molecule has 1 amide bonds. The Morgan fingerprint density at radius 2 is 1.96 bits per heavy atom. The third-order valence-electron chi connectivity index (χ3n) is 3.15.